The number of carbonyl (C=O) groups is 1. The molecule has 82 valence electrons. The summed E-state index contributed by atoms with van der Waals surface area (Å²) in [6.45, 7) is 0. The van der Waals surface area contributed by atoms with Crippen LogP contribution in [0.4, 0.5) is 11.4 Å². The van der Waals surface area contributed by atoms with E-state index in [9.17, 15) is 14.9 Å². The third-order valence-corrected chi connectivity index (χ3v) is 1.88. The number of nitrogens with zero attached hydrogens (tertiary/aromatic N) is 2. The number of amides is 1. The molecule has 1 heterocycles. The zero-order valence-corrected chi connectivity index (χ0v) is 7.84. The molecule has 0 atom stereocenters. The molecule has 1 amide bonds. The van der Waals surface area contributed by atoms with Crippen LogP contribution >= 0.6 is 0 Å². The van der Waals surface area contributed by atoms with Crippen molar-refractivity contribution >= 4 is 23.1 Å². The number of aliphatic imine (C=N–C) groups is 1. The molecule has 1 aliphatic heterocycles. The number of benzene rings is 1. The van der Waals surface area contributed by atoms with Gasteiger partial charge in [-0.15, -0.1) is 0 Å². The molecular weight excluding hydrogens is 216 g/mol. The van der Waals surface area contributed by atoms with Crippen LogP contribution in [0, 0.1) is 10.1 Å². The van der Waals surface area contributed by atoms with E-state index >= 15 is 0 Å². The number of primary amides is 1. The Morgan fingerprint density at radius 1 is 1.56 bits per heavy atom. The quantitative estimate of drug-likeness (QED) is 0.539. The highest BCUT2D eigenvalue weighted by Gasteiger charge is 2.19. The number of fused-ring (bicyclic) bond motifs is 1. The summed E-state index contributed by atoms with van der Waals surface area (Å²) in [5, 5.41) is 10.5. The Morgan fingerprint density at radius 3 is 2.94 bits per heavy atom. The van der Waals surface area contributed by atoms with Crippen molar-refractivity contribution in [3.8, 4) is 5.75 Å². The van der Waals surface area contributed by atoms with E-state index in [1.54, 1.807) is 0 Å². The summed E-state index contributed by atoms with van der Waals surface area (Å²) in [7, 11) is 0. The van der Waals surface area contributed by atoms with Gasteiger partial charge in [0.05, 0.1) is 4.92 Å². The van der Waals surface area contributed by atoms with Gasteiger partial charge in [0.2, 0.25) is 5.84 Å². The van der Waals surface area contributed by atoms with E-state index in [0.29, 0.717) is 0 Å². The van der Waals surface area contributed by atoms with Gasteiger partial charge < -0.3 is 10.6 Å². The van der Waals surface area contributed by atoms with Crippen LogP contribution in [0.1, 0.15) is 0 Å². The van der Waals surface area contributed by atoms with Crippen LogP contribution in [0.3, 0.4) is 0 Å². The van der Waals surface area contributed by atoms with Crippen LogP contribution in [0.25, 0.3) is 0 Å². The topological polar surface area (TPSA) is 120 Å². The zero-order chi connectivity index (χ0) is 11.7. The summed E-state index contributed by atoms with van der Waals surface area (Å²) in [5.41, 5.74) is 7.25. The fraction of sp³-hybridized carbons (Fsp3) is 0. The fourth-order valence-corrected chi connectivity index (χ4v) is 1.14. The van der Waals surface area contributed by atoms with Crippen molar-refractivity contribution in [3.63, 3.8) is 0 Å². The number of carbonyl (C=O) groups excluding carboxylic acids is 1. The predicted molar refractivity (Wildman–Crippen MR) is 53.1 cm³/mol. The Balaban J connectivity index is 2.47. The van der Waals surface area contributed by atoms with Crippen LogP contribution in [0.15, 0.2) is 23.2 Å². The monoisotopic (exact) mass is 222 g/mol. The first-order valence-corrected chi connectivity index (χ1v) is 4.18. The highest BCUT2D eigenvalue weighted by atomic mass is 16.7. The Bertz CT molecular complexity index is 511. The van der Waals surface area contributed by atoms with Crippen molar-refractivity contribution < 1.29 is 14.6 Å². The second-order valence-corrected chi connectivity index (χ2v) is 2.94. The van der Waals surface area contributed by atoms with Gasteiger partial charge in [-0.1, -0.05) is 0 Å². The van der Waals surface area contributed by atoms with Gasteiger partial charge in [0.15, 0.2) is 5.75 Å². The summed E-state index contributed by atoms with van der Waals surface area (Å²) in [4.78, 5) is 29.5. The molecule has 1 aromatic rings. The van der Waals surface area contributed by atoms with Crippen LogP contribution in [-0.4, -0.2) is 16.7 Å². The highest BCUT2D eigenvalue weighted by Crippen LogP contribution is 2.32. The molecule has 0 fully saturated rings. The van der Waals surface area contributed by atoms with Gasteiger partial charge in [0.25, 0.3) is 11.6 Å². The van der Waals surface area contributed by atoms with E-state index in [0.717, 1.165) is 0 Å². The Morgan fingerprint density at radius 2 is 2.31 bits per heavy atom. The molecule has 8 heteroatoms. The van der Waals surface area contributed by atoms with Gasteiger partial charge >= 0.3 is 0 Å². The number of hydrogen-bond acceptors (Lipinski definition) is 6. The molecule has 0 aliphatic carbocycles. The number of rotatable bonds is 2. The van der Waals surface area contributed by atoms with Gasteiger partial charge in [-0.05, 0) is 6.07 Å². The number of nitro benzene ring substituents is 1. The number of nitro groups is 1. The first-order chi connectivity index (χ1) is 7.58. The molecule has 3 N–H and O–H groups in total. The molecule has 1 aliphatic rings. The van der Waals surface area contributed by atoms with Crippen molar-refractivity contribution in [2.75, 3.05) is 0 Å². The number of nitrogens with one attached hydrogen (secondary N) is 1. The Hall–Kier alpha value is -2.64. The van der Waals surface area contributed by atoms with Crippen molar-refractivity contribution in [2.24, 2.45) is 10.7 Å². The molecule has 16 heavy (non-hydrogen) atoms. The normalized spacial score (nSPS) is 12.9. The number of hydroxylamine groups is 1. The lowest BCUT2D eigenvalue weighted by atomic mass is 10.2. The van der Waals surface area contributed by atoms with Crippen molar-refractivity contribution in [1.29, 1.82) is 0 Å². The summed E-state index contributed by atoms with van der Waals surface area (Å²) in [6.07, 6.45) is 0. The highest BCUT2D eigenvalue weighted by molar-refractivity contribution is 6.37. The first-order valence-electron chi connectivity index (χ1n) is 4.18. The van der Waals surface area contributed by atoms with E-state index in [-0.39, 0.29) is 23.0 Å². The SMILES string of the molecule is NC(=O)C1=Nc2cc([N+](=O)[O-])ccc2ON1. The van der Waals surface area contributed by atoms with E-state index in [1.165, 1.54) is 18.2 Å². The molecule has 0 saturated heterocycles. The second kappa shape index (κ2) is 3.50. The van der Waals surface area contributed by atoms with Crippen LogP contribution in [-0.2, 0) is 4.79 Å². The summed E-state index contributed by atoms with van der Waals surface area (Å²) < 4.78 is 0. The fourth-order valence-electron chi connectivity index (χ4n) is 1.14. The van der Waals surface area contributed by atoms with E-state index in [1.807, 2.05) is 0 Å². The Labute approximate surface area is 88.8 Å². The smallest absolute Gasteiger partial charge is 0.287 e. The number of hydrogen-bond donors (Lipinski definition) is 2. The lowest BCUT2D eigenvalue weighted by Gasteiger charge is -2.15. The first kappa shape index (κ1) is 9.90. The van der Waals surface area contributed by atoms with E-state index in [4.69, 9.17) is 10.6 Å². The zero-order valence-electron chi connectivity index (χ0n) is 7.84. The van der Waals surface area contributed by atoms with Gasteiger partial charge in [-0.2, -0.15) is 5.48 Å². The van der Waals surface area contributed by atoms with Crippen LogP contribution in [0.5, 0.6) is 5.75 Å². The van der Waals surface area contributed by atoms with Crippen LogP contribution in [0.2, 0.25) is 0 Å². The largest absolute Gasteiger partial charge is 0.378 e. The molecule has 0 bridgehead atoms. The van der Waals surface area contributed by atoms with Crippen LogP contribution < -0.4 is 16.1 Å². The number of non-ortho nitro benzene ring substituents is 1. The number of nitrogens with two attached hydrogens (primary N) is 1. The standard InChI is InChI=1S/C8H6N4O4/c9-7(13)8-10-5-3-4(12(14)15)1-2-6(5)16-11-8/h1-3H,(H2,9,13)(H,10,11). The van der Waals surface area contributed by atoms with Crippen molar-refractivity contribution in [2.45, 2.75) is 0 Å². The number of amidine groups is 1. The summed E-state index contributed by atoms with van der Waals surface area (Å²) >= 11 is 0. The average Bonchev–Trinajstić information content (AvgIpc) is 2.27. The van der Waals surface area contributed by atoms with Gasteiger partial charge in [0.1, 0.15) is 5.69 Å². The molecule has 0 spiro atoms. The third kappa shape index (κ3) is 1.63. The molecule has 1 aromatic carbocycles. The maximum Gasteiger partial charge on any atom is 0.287 e. The average molecular weight is 222 g/mol. The molecule has 2 rings (SSSR count). The minimum absolute atomic E-state index is 0.142. The predicted octanol–water partition coefficient (Wildman–Crippen LogP) is 0.00710. The maximum atomic E-state index is 10.8. The molecule has 0 unspecified atom stereocenters. The molecular formula is C8H6N4O4. The third-order valence-electron chi connectivity index (χ3n) is 1.88. The van der Waals surface area contributed by atoms with Gasteiger partial charge in [0, 0.05) is 12.1 Å². The molecule has 0 radical (unpaired) electrons. The van der Waals surface area contributed by atoms with Crippen molar-refractivity contribution in [3.05, 3.63) is 28.3 Å². The Kier molecular flexibility index (Phi) is 2.16. The lowest BCUT2D eigenvalue weighted by Crippen LogP contribution is -2.39. The molecule has 8 nitrogen and oxygen atoms in total. The summed E-state index contributed by atoms with van der Waals surface area (Å²) in [5.74, 6) is -0.722. The maximum absolute atomic E-state index is 10.8. The van der Waals surface area contributed by atoms with Gasteiger partial charge in [-0.25, -0.2) is 4.99 Å². The minimum atomic E-state index is -0.808. The summed E-state index contributed by atoms with van der Waals surface area (Å²) in [6, 6.07) is 3.84. The second-order valence-electron chi connectivity index (χ2n) is 2.94. The van der Waals surface area contributed by atoms with E-state index < -0.39 is 10.8 Å². The molecule has 0 saturated carbocycles. The van der Waals surface area contributed by atoms with E-state index in [2.05, 4.69) is 10.5 Å². The van der Waals surface area contributed by atoms with Gasteiger partial charge in [-0.3, -0.25) is 14.9 Å². The lowest BCUT2D eigenvalue weighted by molar-refractivity contribution is -0.384. The van der Waals surface area contributed by atoms with Crippen molar-refractivity contribution in [1.82, 2.24) is 5.48 Å². The molecule has 0 aromatic heterocycles. The minimum Gasteiger partial charge on any atom is -0.378 e.